The van der Waals surface area contributed by atoms with E-state index in [1.54, 1.807) is 6.92 Å². The van der Waals surface area contributed by atoms with Gasteiger partial charge in [-0.25, -0.2) is 4.79 Å². The molecule has 0 heterocycles. The number of hydrogen-bond donors (Lipinski definition) is 0. The number of benzene rings is 1. The van der Waals surface area contributed by atoms with Crippen LogP contribution in [0.15, 0.2) is 41.5 Å². The summed E-state index contributed by atoms with van der Waals surface area (Å²) in [6.07, 6.45) is 3.25. The molecule has 1 aromatic carbocycles. The second-order valence-electron chi connectivity index (χ2n) is 6.70. The highest BCUT2D eigenvalue weighted by molar-refractivity contribution is 6.14. The molecule has 2 aliphatic rings. The highest BCUT2D eigenvalue weighted by Crippen LogP contribution is 2.52. The van der Waals surface area contributed by atoms with Gasteiger partial charge in [0.25, 0.3) is 0 Å². The molecule has 0 saturated heterocycles. The van der Waals surface area contributed by atoms with Crippen molar-refractivity contribution in [3.05, 3.63) is 47.0 Å². The minimum Gasteiger partial charge on any atom is -0.464 e. The van der Waals surface area contributed by atoms with Crippen molar-refractivity contribution in [2.75, 3.05) is 6.61 Å². The van der Waals surface area contributed by atoms with Gasteiger partial charge in [-0.3, -0.25) is 4.79 Å². The number of esters is 1. The van der Waals surface area contributed by atoms with E-state index in [2.05, 4.69) is 0 Å². The molecule has 3 atom stereocenters. The van der Waals surface area contributed by atoms with E-state index < -0.39 is 23.1 Å². The van der Waals surface area contributed by atoms with Crippen molar-refractivity contribution < 1.29 is 14.3 Å². The normalized spacial score (nSPS) is 27.9. The molecule has 26 heavy (non-hydrogen) atoms. The lowest BCUT2D eigenvalue weighted by Crippen LogP contribution is -2.50. The van der Waals surface area contributed by atoms with Crippen LogP contribution in [0.4, 0.5) is 0 Å². The first-order valence-corrected chi connectivity index (χ1v) is 8.93. The van der Waals surface area contributed by atoms with Crippen LogP contribution in [0, 0.1) is 34.0 Å². The summed E-state index contributed by atoms with van der Waals surface area (Å²) >= 11 is 0. The lowest BCUT2D eigenvalue weighted by molar-refractivity contribution is -0.155. The van der Waals surface area contributed by atoms with Crippen LogP contribution in [0.3, 0.4) is 0 Å². The number of fused-ring (bicyclic) bond motifs is 1. The van der Waals surface area contributed by atoms with Crippen LogP contribution in [0.1, 0.15) is 44.1 Å². The van der Waals surface area contributed by atoms with E-state index in [0.717, 1.165) is 30.4 Å². The van der Waals surface area contributed by atoms with Crippen LogP contribution in [0.25, 0.3) is 0 Å². The number of carbonyl (C=O) groups is 2. The Balaban J connectivity index is 2.27. The summed E-state index contributed by atoms with van der Waals surface area (Å²) in [5.41, 5.74) is -0.598. The van der Waals surface area contributed by atoms with Gasteiger partial charge in [0.05, 0.1) is 30.2 Å². The van der Waals surface area contributed by atoms with Gasteiger partial charge in [0.15, 0.2) is 5.78 Å². The van der Waals surface area contributed by atoms with Crippen LogP contribution in [0.5, 0.6) is 0 Å². The fourth-order valence-electron chi connectivity index (χ4n) is 4.30. The van der Waals surface area contributed by atoms with E-state index >= 15 is 0 Å². The van der Waals surface area contributed by atoms with Gasteiger partial charge in [-0.15, -0.1) is 0 Å². The first-order chi connectivity index (χ1) is 12.6. The number of nitriles is 2. The Bertz CT molecular complexity index is 844. The SMILES string of the molecule is CCOC(=O)[C@@]1(C#N)C(=O)[C@@H](c2ccccc2)[C@H]2CCCCC2=C1C#N. The third kappa shape index (κ3) is 2.52. The quantitative estimate of drug-likeness (QED) is 0.616. The zero-order valence-electron chi connectivity index (χ0n) is 14.7. The smallest absolute Gasteiger partial charge is 0.339 e. The van der Waals surface area contributed by atoms with Crippen molar-refractivity contribution in [2.24, 2.45) is 11.3 Å². The second-order valence-corrected chi connectivity index (χ2v) is 6.70. The number of ether oxygens (including phenoxy) is 1. The standard InChI is InChI=1S/C21H20N2O3/c1-2-26-20(25)21(13-23)17(12-22)15-10-6-7-11-16(15)18(19(21)24)14-8-4-3-5-9-14/h3-5,8-9,16,18H,2,6-7,10-11H2,1H3/t16-,18-,21+/m0/s1. The van der Waals surface area contributed by atoms with E-state index in [1.165, 1.54) is 0 Å². The maximum atomic E-state index is 13.5. The number of Topliss-reactive ketones (excluding diaryl/α,β-unsaturated/α-hetero) is 1. The third-order valence-corrected chi connectivity index (χ3v) is 5.43. The van der Waals surface area contributed by atoms with Gasteiger partial charge in [-0.2, -0.15) is 10.5 Å². The summed E-state index contributed by atoms with van der Waals surface area (Å²) < 4.78 is 5.07. The maximum absolute atomic E-state index is 13.5. The van der Waals surface area contributed by atoms with E-state index in [4.69, 9.17) is 4.74 Å². The molecule has 5 heteroatoms. The fourth-order valence-corrected chi connectivity index (χ4v) is 4.30. The molecule has 1 saturated carbocycles. The van der Waals surface area contributed by atoms with Crippen molar-refractivity contribution in [2.45, 2.75) is 38.5 Å². The summed E-state index contributed by atoms with van der Waals surface area (Å²) in [7, 11) is 0. The van der Waals surface area contributed by atoms with Crippen LogP contribution in [-0.4, -0.2) is 18.4 Å². The molecular formula is C21H20N2O3. The first kappa shape index (κ1) is 17.9. The molecule has 0 radical (unpaired) electrons. The van der Waals surface area contributed by atoms with Crippen molar-refractivity contribution in [1.29, 1.82) is 10.5 Å². The van der Waals surface area contributed by atoms with Crippen LogP contribution in [0.2, 0.25) is 0 Å². The van der Waals surface area contributed by atoms with Gasteiger partial charge < -0.3 is 4.74 Å². The van der Waals surface area contributed by atoms with E-state index in [9.17, 15) is 20.1 Å². The second kappa shape index (κ2) is 7.14. The Morgan fingerprint density at radius 2 is 2.00 bits per heavy atom. The van der Waals surface area contributed by atoms with Gasteiger partial charge in [0.1, 0.15) is 0 Å². The average Bonchev–Trinajstić information content (AvgIpc) is 2.68. The highest BCUT2D eigenvalue weighted by atomic mass is 16.5. The zero-order chi connectivity index (χ0) is 18.7. The molecule has 1 fully saturated rings. The molecular weight excluding hydrogens is 328 g/mol. The van der Waals surface area contributed by atoms with Crippen LogP contribution < -0.4 is 0 Å². The number of allylic oxidation sites excluding steroid dienone is 1. The number of nitrogens with zero attached hydrogens (tertiary/aromatic N) is 2. The van der Waals surface area contributed by atoms with Gasteiger partial charge >= 0.3 is 5.97 Å². The third-order valence-electron chi connectivity index (χ3n) is 5.43. The average molecular weight is 348 g/mol. The Hall–Kier alpha value is -2.92. The molecule has 0 aromatic heterocycles. The lowest BCUT2D eigenvalue weighted by atomic mass is 9.57. The Labute approximate surface area is 152 Å². The van der Waals surface area contributed by atoms with Crippen LogP contribution >= 0.6 is 0 Å². The molecule has 1 aromatic rings. The monoisotopic (exact) mass is 348 g/mol. The predicted octanol–water partition coefficient (Wildman–Crippen LogP) is 3.44. The molecule has 0 amide bonds. The van der Waals surface area contributed by atoms with Gasteiger partial charge in [0.2, 0.25) is 5.41 Å². The largest absolute Gasteiger partial charge is 0.464 e. The Morgan fingerprint density at radius 1 is 1.27 bits per heavy atom. The first-order valence-electron chi connectivity index (χ1n) is 8.93. The number of ketones is 1. The van der Waals surface area contributed by atoms with Crippen molar-refractivity contribution in [1.82, 2.24) is 0 Å². The molecule has 132 valence electrons. The summed E-state index contributed by atoms with van der Waals surface area (Å²) in [6, 6.07) is 13.1. The summed E-state index contributed by atoms with van der Waals surface area (Å²) in [5, 5.41) is 19.7. The summed E-state index contributed by atoms with van der Waals surface area (Å²) in [4.78, 5) is 26.2. The Kier molecular flexibility index (Phi) is 4.91. The van der Waals surface area contributed by atoms with Crippen molar-refractivity contribution >= 4 is 11.8 Å². The molecule has 0 unspecified atom stereocenters. The molecule has 0 aliphatic heterocycles. The molecule has 0 bridgehead atoms. The summed E-state index contributed by atoms with van der Waals surface area (Å²) in [6.45, 7) is 1.66. The number of carbonyl (C=O) groups excluding carboxylic acids is 2. The lowest BCUT2D eigenvalue weighted by Gasteiger charge is -2.41. The maximum Gasteiger partial charge on any atom is 0.339 e. The molecule has 0 N–H and O–H groups in total. The van der Waals surface area contributed by atoms with Crippen LogP contribution in [-0.2, 0) is 14.3 Å². The zero-order valence-corrected chi connectivity index (χ0v) is 14.7. The number of hydrogen-bond acceptors (Lipinski definition) is 5. The van der Waals surface area contributed by atoms with Crippen molar-refractivity contribution in [3.8, 4) is 12.1 Å². The number of rotatable bonds is 3. The van der Waals surface area contributed by atoms with Crippen molar-refractivity contribution in [3.63, 3.8) is 0 Å². The predicted molar refractivity (Wildman–Crippen MR) is 93.5 cm³/mol. The Morgan fingerprint density at radius 3 is 2.62 bits per heavy atom. The van der Waals surface area contributed by atoms with E-state index in [-0.39, 0.29) is 18.1 Å². The minimum atomic E-state index is -2.16. The van der Waals surface area contributed by atoms with Gasteiger partial charge in [-0.05, 0) is 43.2 Å². The molecule has 5 nitrogen and oxygen atoms in total. The topological polar surface area (TPSA) is 90.9 Å². The van der Waals surface area contributed by atoms with E-state index in [0.29, 0.717) is 6.42 Å². The van der Waals surface area contributed by atoms with E-state index in [1.807, 2.05) is 42.5 Å². The minimum absolute atomic E-state index is 0.000307. The summed E-state index contributed by atoms with van der Waals surface area (Å²) in [5.74, 6) is -2.20. The van der Waals surface area contributed by atoms with Gasteiger partial charge in [-0.1, -0.05) is 36.8 Å². The molecule has 3 rings (SSSR count). The van der Waals surface area contributed by atoms with Gasteiger partial charge in [0, 0.05) is 0 Å². The molecule has 2 aliphatic carbocycles. The highest BCUT2D eigenvalue weighted by Gasteiger charge is 2.60. The fraction of sp³-hybridized carbons (Fsp3) is 0.429. The molecule has 0 spiro atoms.